The summed E-state index contributed by atoms with van der Waals surface area (Å²) in [5, 5.41) is 4.52. The first-order valence-electron chi connectivity index (χ1n) is 6.68. The van der Waals surface area contributed by atoms with Crippen molar-refractivity contribution in [3.8, 4) is 0 Å². The molecule has 0 saturated heterocycles. The highest BCUT2D eigenvalue weighted by atomic mass is 79.9. The van der Waals surface area contributed by atoms with Crippen molar-refractivity contribution in [3.05, 3.63) is 51.5 Å². The second-order valence-electron chi connectivity index (χ2n) is 4.97. The van der Waals surface area contributed by atoms with Crippen LogP contribution in [-0.4, -0.2) is 15.8 Å². The summed E-state index contributed by atoms with van der Waals surface area (Å²) >= 11 is 3.51. The van der Waals surface area contributed by atoms with Crippen LogP contribution in [0.3, 0.4) is 0 Å². The van der Waals surface area contributed by atoms with Crippen LogP contribution in [-0.2, 0) is 0 Å². The van der Waals surface area contributed by atoms with Crippen LogP contribution in [0.4, 0.5) is 4.39 Å². The van der Waals surface area contributed by atoms with Crippen molar-refractivity contribution in [2.75, 3.05) is 0 Å². The van der Waals surface area contributed by atoms with Crippen molar-refractivity contribution in [3.63, 3.8) is 0 Å². The van der Waals surface area contributed by atoms with Gasteiger partial charge in [0.2, 0.25) is 0 Å². The van der Waals surface area contributed by atoms with Crippen molar-refractivity contribution in [2.24, 2.45) is 5.73 Å². The first kappa shape index (κ1) is 15.2. The molecule has 0 saturated carbocycles. The van der Waals surface area contributed by atoms with E-state index in [2.05, 4.69) is 21.0 Å². The number of aryl methyl sites for hydroxylation is 1. The van der Waals surface area contributed by atoms with Crippen molar-refractivity contribution >= 4 is 15.9 Å². The Morgan fingerprint density at radius 3 is 2.50 bits per heavy atom. The molecule has 0 radical (unpaired) electrons. The normalized spacial score (nSPS) is 14.3. The van der Waals surface area contributed by atoms with E-state index in [1.807, 2.05) is 31.5 Å². The smallest absolute Gasteiger partial charge is 0.128 e. The van der Waals surface area contributed by atoms with Crippen LogP contribution < -0.4 is 5.73 Å². The van der Waals surface area contributed by atoms with E-state index in [9.17, 15) is 4.39 Å². The van der Waals surface area contributed by atoms with Crippen molar-refractivity contribution in [1.82, 2.24) is 9.78 Å². The van der Waals surface area contributed by atoms with Gasteiger partial charge in [0.05, 0.1) is 21.9 Å². The van der Waals surface area contributed by atoms with E-state index >= 15 is 0 Å². The Bertz CT molecular complexity index is 609. The first-order chi connectivity index (χ1) is 9.47. The van der Waals surface area contributed by atoms with Crippen LogP contribution in [0.5, 0.6) is 0 Å². The third kappa shape index (κ3) is 2.65. The lowest BCUT2D eigenvalue weighted by Gasteiger charge is -2.25. The molecule has 0 fully saturated rings. The highest BCUT2D eigenvalue weighted by Gasteiger charge is 2.26. The van der Waals surface area contributed by atoms with Gasteiger partial charge in [-0.2, -0.15) is 5.10 Å². The predicted octanol–water partition coefficient (Wildman–Crippen LogP) is 3.73. The minimum absolute atomic E-state index is 0.197. The number of rotatable bonds is 4. The number of benzene rings is 1. The van der Waals surface area contributed by atoms with Crippen LogP contribution in [0.2, 0.25) is 0 Å². The monoisotopic (exact) mass is 339 g/mol. The van der Waals surface area contributed by atoms with E-state index in [1.54, 1.807) is 12.1 Å². The third-order valence-electron chi connectivity index (χ3n) is 3.60. The minimum Gasteiger partial charge on any atom is -0.326 e. The lowest BCUT2D eigenvalue weighted by atomic mass is 9.97. The van der Waals surface area contributed by atoms with Gasteiger partial charge in [-0.25, -0.2) is 4.39 Å². The zero-order valence-corrected chi connectivity index (χ0v) is 13.5. The Morgan fingerprint density at radius 1 is 1.35 bits per heavy atom. The molecule has 2 N–H and O–H groups in total. The van der Waals surface area contributed by atoms with Crippen molar-refractivity contribution in [1.29, 1.82) is 0 Å². The Hall–Kier alpha value is -1.20. The van der Waals surface area contributed by atoms with E-state index in [-0.39, 0.29) is 17.9 Å². The Balaban J connectivity index is 2.59. The molecule has 1 heterocycles. The molecule has 2 unspecified atom stereocenters. The van der Waals surface area contributed by atoms with Gasteiger partial charge >= 0.3 is 0 Å². The fraction of sp³-hybridized carbons (Fsp3) is 0.400. The van der Waals surface area contributed by atoms with E-state index in [1.165, 1.54) is 6.07 Å². The number of hydrogen-bond donors (Lipinski definition) is 1. The number of nitrogens with two attached hydrogens (primary N) is 1. The maximum atomic E-state index is 14.2. The Labute approximate surface area is 127 Å². The molecule has 1 aromatic heterocycles. The SMILES string of the molecule is CCC(N)C(c1ccccc1F)n1nc(C)c(Br)c1C. The van der Waals surface area contributed by atoms with Gasteiger partial charge in [-0.15, -0.1) is 0 Å². The molecule has 2 rings (SSSR count). The van der Waals surface area contributed by atoms with Crippen LogP contribution in [0, 0.1) is 19.7 Å². The van der Waals surface area contributed by atoms with Crippen molar-refractivity contribution in [2.45, 2.75) is 39.3 Å². The van der Waals surface area contributed by atoms with E-state index in [4.69, 9.17) is 5.73 Å². The summed E-state index contributed by atoms with van der Waals surface area (Å²) in [4.78, 5) is 0. The van der Waals surface area contributed by atoms with Gasteiger partial charge < -0.3 is 5.73 Å². The quantitative estimate of drug-likeness (QED) is 0.922. The van der Waals surface area contributed by atoms with Gasteiger partial charge in [-0.3, -0.25) is 4.68 Å². The standard InChI is InChI=1S/C15H19BrFN3/c1-4-13(18)15(11-7-5-6-8-12(11)17)20-10(3)14(16)9(2)19-20/h5-8,13,15H,4,18H2,1-3H3. The Morgan fingerprint density at radius 2 is 2.00 bits per heavy atom. The minimum atomic E-state index is -0.300. The molecule has 20 heavy (non-hydrogen) atoms. The van der Waals surface area contributed by atoms with Gasteiger partial charge in [-0.1, -0.05) is 25.1 Å². The molecule has 0 bridgehead atoms. The van der Waals surface area contributed by atoms with Gasteiger partial charge in [-0.05, 0) is 42.3 Å². The van der Waals surface area contributed by atoms with Gasteiger partial charge in [0.1, 0.15) is 5.82 Å². The molecule has 2 atom stereocenters. The lowest BCUT2D eigenvalue weighted by molar-refractivity contribution is 0.401. The highest BCUT2D eigenvalue weighted by molar-refractivity contribution is 9.10. The summed E-state index contributed by atoms with van der Waals surface area (Å²) < 4.78 is 16.9. The van der Waals surface area contributed by atoms with Gasteiger partial charge in [0, 0.05) is 11.6 Å². The summed E-state index contributed by atoms with van der Waals surface area (Å²) in [5.41, 5.74) is 8.66. The molecule has 2 aromatic rings. The third-order valence-corrected chi connectivity index (χ3v) is 4.75. The topological polar surface area (TPSA) is 43.8 Å². The second kappa shape index (κ2) is 6.06. The van der Waals surface area contributed by atoms with E-state index in [0.29, 0.717) is 5.56 Å². The fourth-order valence-electron chi connectivity index (χ4n) is 2.40. The highest BCUT2D eigenvalue weighted by Crippen LogP contribution is 2.30. The van der Waals surface area contributed by atoms with Gasteiger partial charge in [0.15, 0.2) is 0 Å². The zero-order chi connectivity index (χ0) is 14.9. The molecular weight excluding hydrogens is 321 g/mol. The fourth-order valence-corrected chi connectivity index (χ4v) is 2.66. The van der Waals surface area contributed by atoms with E-state index < -0.39 is 0 Å². The first-order valence-corrected chi connectivity index (χ1v) is 7.47. The van der Waals surface area contributed by atoms with Crippen molar-refractivity contribution < 1.29 is 4.39 Å². The van der Waals surface area contributed by atoms with E-state index in [0.717, 1.165) is 22.3 Å². The molecular formula is C15H19BrFN3. The van der Waals surface area contributed by atoms with Crippen LogP contribution in [0.25, 0.3) is 0 Å². The maximum Gasteiger partial charge on any atom is 0.128 e. The largest absolute Gasteiger partial charge is 0.326 e. The number of hydrogen-bond acceptors (Lipinski definition) is 2. The second-order valence-corrected chi connectivity index (χ2v) is 5.76. The predicted molar refractivity (Wildman–Crippen MR) is 82.2 cm³/mol. The molecule has 0 amide bonds. The summed E-state index contributed by atoms with van der Waals surface area (Å²) in [5.74, 6) is -0.245. The molecule has 1 aromatic carbocycles. The van der Waals surface area contributed by atoms with Crippen LogP contribution >= 0.6 is 15.9 Å². The molecule has 0 spiro atoms. The molecule has 0 aliphatic heterocycles. The maximum absolute atomic E-state index is 14.2. The number of aromatic nitrogens is 2. The molecule has 5 heteroatoms. The lowest BCUT2D eigenvalue weighted by Crippen LogP contribution is -2.34. The number of halogens is 2. The molecule has 0 aliphatic rings. The van der Waals surface area contributed by atoms with Gasteiger partial charge in [0.25, 0.3) is 0 Å². The summed E-state index contributed by atoms with van der Waals surface area (Å²) in [7, 11) is 0. The summed E-state index contributed by atoms with van der Waals surface area (Å²) in [6, 6.07) is 6.26. The molecule has 0 aliphatic carbocycles. The van der Waals surface area contributed by atoms with Crippen LogP contribution in [0.15, 0.2) is 28.7 Å². The molecule has 3 nitrogen and oxygen atoms in total. The number of nitrogens with zero attached hydrogens (tertiary/aromatic N) is 2. The Kier molecular flexibility index (Phi) is 4.60. The average molecular weight is 340 g/mol. The zero-order valence-electron chi connectivity index (χ0n) is 11.9. The summed E-state index contributed by atoms with van der Waals surface area (Å²) in [6.45, 7) is 5.88. The average Bonchev–Trinajstić information content (AvgIpc) is 2.69. The molecule has 108 valence electrons. The van der Waals surface area contributed by atoms with Crippen LogP contribution in [0.1, 0.15) is 36.3 Å². The summed E-state index contributed by atoms with van der Waals surface area (Å²) in [6.07, 6.45) is 0.745.